The molecule has 0 spiro atoms. The van der Waals surface area contributed by atoms with E-state index in [9.17, 15) is 17.6 Å². The molecule has 0 unspecified atom stereocenters. The van der Waals surface area contributed by atoms with Gasteiger partial charge in [-0.1, -0.05) is 12.1 Å². The van der Waals surface area contributed by atoms with Crippen LogP contribution in [0.1, 0.15) is 12.0 Å². The van der Waals surface area contributed by atoms with E-state index >= 15 is 0 Å². The zero-order valence-corrected chi connectivity index (χ0v) is 11.3. The van der Waals surface area contributed by atoms with Gasteiger partial charge in [0.05, 0.1) is 17.9 Å². The summed E-state index contributed by atoms with van der Waals surface area (Å²) in [4.78, 5) is 13.6. The van der Waals surface area contributed by atoms with Crippen molar-refractivity contribution in [1.29, 1.82) is 0 Å². The Labute approximate surface area is 112 Å². The first kappa shape index (κ1) is 14.0. The summed E-state index contributed by atoms with van der Waals surface area (Å²) >= 11 is 0. The van der Waals surface area contributed by atoms with Crippen LogP contribution in [0.15, 0.2) is 24.3 Å². The van der Waals surface area contributed by atoms with Gasteiger partial charge in [0.15, 0.2) is 9.84 Å². The van der Waals surface area contributed by atoms with Crippen LogP contribution in [0.25, 0.3) is 0 Å². The van der Waals surface area contributed by atoms with Gasteiger partial charge in [0, 0.05) is 13.1 Å². The van der Waals surface area contributed by atoms with E-state index in [2.05, 4.69) is 0 Å². The lowest BCUT2D eigenvalue weighted by Crippen LogP contribution is -2.34. The molecule has 1 fully saturated rings. The van der Waals surface area contributed by atoms with Crippen molar-refractivity contribution in [3.05, 3.63) is 35.6 Å². The molecule has 1 aromatic carbocycles. The molecule has 1 amide bonds. The topological polar surface area (TPSA) is 54.5 Å². The molecule has 0 saturated carbocycles. The summed E-state index contributed by atoms with van der Waals surface area (Å²) in [5.74, 6) is -0.370. The van der Waals surface area contributed by atoms with Crippen molar-refractivity contribution in [1.82, 2.24) is 4.90 Å². The summed E-state index contributed by atoms with van der Waals surface area (Å²) in [7, 11) is -3.02. The number of nitrogens with zero attached hydrogens (tertiary/aromatic N) is 1. The van der Waals surface area contributed by atoms with E-state index in [0.29, 0.717) is 18.5 Å². The van der Waals surface area contributed by atoms with Gasteiger partial charge in [-0.2, -0.15) is 0 Å². The maximum Gasteiger partial charge on any atom is 0.227 e. The molecule has 0 radical (unpaired) electrons. The van der Waals surface area contributed by atoms with E-state index in [1.165, 1.54) is 12.1 Å². The van der Waals surface area contributed by atoms with Crippen LogP contribution in [-0.2, 0) is 21.1 Å². The largest absolute Gasteiger partial charge is 0.341 e. The Bertz CT molecular complexity index is 571. The highest BCUT2D eigenvalue weighted by Crippen LogP contribution is 2.09. The highest BCUT2D eigenvalue weighted by atomic mass is 32.2. The van der Waals surface area contributed by atoms with Crippen molar-refractivity contribution in [3.63, 3.8) is 0 Å². The van der Waals surface area contributed by atoms with Gasteiger partial charge in [-0.05, 0) is 24.1 Å². The average Bonchev–Trinajstić information content (AvgIpc) is 2.50. The number of amides is 1. The molecule has 0 atom stereocenters. The number of hydrogen-bond acceptors (Lipinski definition) is 3. The van der Waals surface area contributed by atoms with E-state index in [1.807, 2.05) is 0 Å². The lowest BCUT2D eigenvalue weighted by molar-refractivity contribution is -0.130. The second-order valence-electron chi connectivity index (χ2n) is 4.69. The second-order valence-corrected chi connectivity index (χ2v) is 7.00. The molecule has 1 aliphatic rings. The first-order chi connectivity index (χ1) is 8.96. The molecule has 0 aliphatic carbocycles. The first-order valence-corrected chi connectivity index (χ1v) is 8.01. The first-order valence-electron chi connectivity index (χ1n) is 6.19. The van der Waals surface area contributed by atoms with Crippen LogP contribution in [0.3, 0.4) is 0 Å². The molecule has 1 heterocycles. The fourth-order valence-corrected chi connectivity index (χ4v) is 3.39. The summed E-state index contributed by atoms with van der Waals surface area (Å²) in [6.45, 7) is 0.684. The number of carbonyl (C=O) groups is 1. The highest BCUT2D eigenvalue weighted by molar-refractivity contribution is 7.91. The highest BCUT2D eigenvalue weighted by Gasteiger charge is 2.22. The van der Waals surface area contributed by atoms with Crippen molar-refractivity contribution in [3.8, 4) is 0 Å². The van der Waals surface area contributed by atoms with Gasteiger partial charge in [-0.25, -0.2) is 12.8 Å². The fraction of sp³-hybridized carbons (Fsp3) is 0.462. The Hall–Kier alpha value is -1.43. The fourth-order valence-electron chi connectivity index (χ4n) is 2.12. The zero-order chi connectivity index (χ0) is 13.9. The maximum absolute atomic E-state index is 13.0. The second kappa shape index (κ2) is 5.69. The van der Waals surface area contributed by atoms with Crippen molar-refractivity contribution in [2.75, 3.05) is 24.6 Å². The molecule has 19 heavy (non-hydrogen) atoms. The Balaban J connectivity index is 2.00. The van der Waals surface area contributed by atoms with Crippen LogP contribution >= 0.6 is 0 Å². The quantitative estimate of drug-likeness (QED) is 0.815. The number of rotatable bonds is 2. The lowest BCUT2D eigenvalue weighted by Gasteiger charge is -2.19. The van der Waals surface area contributed by atoms with Crippen LogP contribution in [-0.4, -0.2) is 43.8 Å². The van der Waals surface area contributed by atoms with Crippen molar-refractivity contribution >= 4 is 15.7 Å². The van der Waals surface area contributed by atoms with Crippen molar-refractivity contribution in [2.24, 2.45) is 0 Å². The van der Waals surface area contributed by atoms with E-state index < -0.39 is 9.84 Å². The van der Waals surface area contributed by atoms with Gasteiger partial charge in [0.25, 0.3) is 0 Å². The Morgan fingerprint density at radius 2 is 2.05 bits per heavy atom. The number of benzene rings is 1. The monoisotopic (exact) mass is 285 g/mol. The molecule has 1 aliphatic heterocycles. The Morgan fingerprint density at radius 1 is 1.26 bits per heavy atom. The molecular weight excluding hydrogens is 269 g/mol. The van der Waals surface area contributed by atoms with Crippen molar-refractivity contribution < 1.29 is 17.6 Å². The van der Waals surface area contributed by atoms with E-state index in [0.717, 1.165) is 0 Å². The average molecular weight is 285 g/mol. The molecule has 6 heteroatoms. The minimum Gasteiger partial charge on any atom is -0.341 e. The summed E-state index contributed by atoms with van der Waals surface area (Å²) < 4.78 is 35.9. The van der Waals surface area contributed by atoms with E-state index in [1.54, 1.807) is 17.0 Å². The Morgan fingerprint density at radius 3 is 2.79 bits per heavy atom. The predicted molar refractivity (Wildman–Crippen MR) is 70.0 cm³/mol. The zero-order valence-electron chi connectivity index (χ0n) is 10.5. The van der Waals surface area contributed by atoms with Gasteiger partial charge in [0.1, 0.15) is 5.82 Å². The molecule has 0 bridgehead atoms. The smallest absolute Gasteiger partial charge is 0.227 e. The number of halogens is 1. The van der Waals surface area contributed by atoms with Crippen LogP contribution in [0.5, 0.6) is 0 Å². The Kier molecular flexibility index (Phi) is 4.19. The number of hydrogen-bond donors (Lipinski definition) is 0. The summed E-state index contributed by atoms with van der Waals surface area (Å²) in [5.41, 5.74) is 0.608. The molecular formula is C13H16FNO3S. The molecule has 0 aromatic heterocycles. The molecule has 0 N–H and O–H groups in total. The summed E-state index contributed by atoms with van der Waals surface area (Å²) in [6.07, 6.45) is 0.578. The van der Waals surface area contributed by atoms with Crippen LogP contribution in [0.2, 0.25) is 0 Å². The standard InChI is InChI=1S/C13H16FNO3S/c14-12-4-1-3-11(9-12)10-13(16)15-5-2-7-19(17,18)8-6-15/h1,3-4,9H,2,5-8,10H2. The summed E-state index contributed by atoms with van der Waals surface area (Å²) in [5, 5.41) is 0. The predicted octanol–water partition coefficient (Wildman–Crippen LogP) is 1.02. The van der Waals surface area contributed by atoms with Gasteiger partial charge in [-0.3, -0.25) is 4.79 Å². The van der Waals surface area contributed by atoms with Crippen LogP contribution < -0.4 is 0 Å². The third kappa shape index (κ3) is 4.02. The normalized spacial score (nSPS) is 18.9. The third-order valence-corrected chi connectivity index (χ3v) is 4.87. The minimum absolute atomic E-state index is 0.0158. The van der Waals surface area contributed by atoms with E-state index in [-0.39, 0.29) is 36.2 Å². The minimum atomic E-state index is -3.02. The van der Waals surface area contributed by atoms with Gasteiger partial charge >= 0.3 is 0 Å². The molecule has 1 saturated heterocycles. The molecule has 4 nitrogen and oxygen atoms in total. The summed E-state index contributed by atoms with van der Waals surface area (Å²) in [6, 6.07) is 5.90. The van der Waals surface area contributed by atoms with E-state index in [4.69, 9.17) is 0 Å². The van der Waals surface area contributed by atoms with Crippen molar-refractivity contribution in [2.45, 2.75) is 12.8 Å². The lowest BCUT2D eigenvalue weighted by atomic mass is 10.1. The van der Waals surface area contributed by atoms with Gasteiger partial charge in [-0.15, -0.1) is 0 Å². The number of carbonyl (C=O) groups excluding carboxylic acids is 1. The molecule has 104 valence electrons. The third-order valence-electron chi connectivity index (χ3n) is 3.15. The molecule has 1 aromatic rings. The SMILES string of the molecule is O=C(Cc1cccc(F)c1)N1CCCS(=O)(=O)CC1. The maximum atomic E-state index is 13.0. The van der Waals surface area contributed by atoms with Gasteiger partial charge in [0.2, 0.25) is 5.91 Å². The van der Waals surface area contributed by atoms with Crippen LogP contribution in [0.4, 0.5) is 4.39 Å². The van der Waals surface area contributed by atoms with Gasteiger partial charge < -0.3 is 4.90 Å². The molecule has 2 rings (SSSR count). The number of sulfone groups is 1. The van der Waals surface area contributed by atoms with Crippen LogP contribution in [0, 0.1) is 5.82 Å².